The molecule has 2 aromatic rings. The van der Waals surface area contributed by atoms with Crippen molar-refractivity contribution in [2.75, 3.05) is 18.9 Å². The van der Waals surface area contributed by atoms with E-state index < -0.39 is 0 Å². The van der Waals surface area contributed by atoms with Gasteiger partial charge in [-0.1, -0.05) is 22.0 Å². The molecule has 0 bridgehead atoms. The molecule has 0 aliphatic carbocycles. The second-order valence-electron chi connectivity index (χ2n) is 3.97. The number of benzene rings is 2. The van der Waals surface area contributed by atoms with Crippen LogP contribution in [-0.2, 0) is 0 Å². The lowest BCUT2D eigenvalue weighted by atomic mass is 10.3. The SMILES string of the molecule is Nc1cccc(OCCOc2c(Br)cc(Br)cc2Br)c1. The van der Waals surface area contributed by atoms with Gasteiger partial charge in [0.05, 0.1) is 8.95 Å². The summed E-state index contributed by atoms with van der Waals surface area (Å²) in [6, 6.07) is 11.2. The van der Waals surface area contributed by atoms with E-state index in [9.17, 15) is 0 Å². The van der Waals surface area contributed by atoms with Crippen LogP contribution in [0.25, 0.3) is 0 Å². The molecule has 0 spiro atoms. The van der Waals surface area contributed by atoms with Gasteiger partial charge in [-0.05, 0) is 56.1 Å². The summed E-state index contributed by atoms with van der Waals surface area (Å²) in [7, 11) is 0. The van der Waals surface area contributed by atoms with E-state index in [-0.39, 0.29) is 0 Å². The Morgan fingerprint density at radius 1 is 0.900 bits per heavy atom. The number of hydrogen-bond acceptors (Lipinski definition) is 3. The lowest BCUT2D eigenvalue weighted by Gasteiger charge is -2.12. The molecule has 106 valence electrons. The number of nitrogens with two attached hydrogens (primary N) is 1. The van der Waals surface area contributed by atoms with Gasteiger partial charge in [-0.15, -0.1) is 0 Å². The third-order valence-electron chi connectivity index (χ3n) is 2.42. The fourth-order valence-corrected chi connectivity index (χ4v) is 4.06. The van der Waals surface area contributed by atoms with Crippen molar-refractivity contribution in [3.05, 3.63) is 49.8 Å². The predicted octanol–water partition coefficient (Wildman–Crippen LogP) is 5.01. The molecule has 3 nitrogen and oxygen atoms in total. The van der Waals surface area contributed by atoms with Gasteiger partial charge in [0.25, 0.3) is 0 Å². The molecule has 0 saturated carbocycles. The zero-order chi connectivity index (χ0) is 14.5. The average Bonchev–Trinajstić information content (AvgIpc) is 2.36. The first-order valence-electron chi connectivity index (χ1n) is 5.82. The summed E-state index contributed by atoms with van der Waals surface area (Å²) in [5, 5.41) is 0. The van der Waals surface area contributed by atoms with Gasteiger partial charge in [0.1, 0.15) is 24.7 Å². The van der Waals surface area contributed by atoms with Gasteiger partial charge in [-0.2, -0.15) is 0 Å². The third kappa shape index (κ3) is 4.40. The van der Waals surface area contributed by atoms with Crippen LogP contribution < -0.4 is 15.2 Å². The van der Waals surface area contributed by atoms with Gasteiger partial charge in [0, 0.05) is 16.2 Å². The molecule has 0 aliphatic rings. The Morgan fingerprint density at radius 2 is 1.55 bits per heavy atom. The molecule has 0 unspecified atom stereocenters. The Balaban J connectivity index is 1.88. The molecule has 0 aromatic heterocycles. The van der Waals surface area contributed by atoms with E-state index in [0.717, 1.165) is 24.9 Å². The second kappa shape index (κ2) is 7.33. The first-order valence-corrected chi connectivity index (χ1v) is 8.20. The van der Waals surface area contributed by atoms with Gasteiger partial charge >= 0.3 is 0 Å². The van der Waals surface area contributed by atoms with Crippen molar-refractivity contribution < 1.29 is 9.47 Å². The van der Waals surface area contributed by atoms with E-state index in [4.69, 9.17) is 15.2 Å². The highest BCUT2D eigenvalue weighted by molar-refractivity contribution is 9.11. The Kier molecular flexibility index (Phi) is 5.74. The molecule has 0 heterocycles. The summed E-state index contributed by atoms with van der Waals surface area (Å²) in [5.41, 5.74) is 6.36. The first kappa shape index (κ1) is 15.7. The summed E-state index contributed by atoms with van der Waals surface area (Å²) in [5.74, 6) is 1.49. The molecule has 2 N–H and O–H groups in total. The predicted molar refractivity (Wildman–Crippen MR) is 91.4 cm³/mol. The number of ether oxygens (including phenoxy) is 2. The Bertz CT molecular complexity index is 582. The fourth-order valence-electron chi connectivity index (χ4n) is 1.57. The van der Waals surface area contributed by atoms with E-state index in [1.807, 2.05) is 30.3 Å². The number of hydrogen-bond donors (Lipinski definition) is 1. The highest BCUT2D eigenvalue weighted by atomic mass is 79.9. The second-order valence-corrected chi connectivity index (χ2v) is 6.59. The molecule has 6 heteroatoms. The zero-order valence-electron chi connectivity index (χ0n) is 10.4. The summed E-state index contributed by atoms with van der Waals surface area (Å²) in [6.07, 6.45) is 0. The van der Waals surface area contributed by atoms with E-state index in [0.29, 0.717) is 18.9 Å². The van der Waals surface area contributed by atoms with Crippen LogP contribution in [-0.4, -0.2) is 13.2 Å². The molecule has 0 amide bonds. The standard InChI is InChI=1S/C14H12Br3NO2/c15-9-6-12(16)14(13(17)7-9)20-5-4-19-11-3-1-2-10(18)8-11/h1-3,6-8H,4-5,18H2. The van der Waals surface area contributed by atoms with Crippen LogP contribution in [0, 0.1) is 0 Å². The Labute approximate surface area is 142 Å². The molecule has 2 aromatic carbocycles. The molecule has 0 fully saturated rings. The monoisotopic (exact) mass is 463 g/mol. The fraction of sp³-hybridized carbons (Fsp3) is 0.143. The summed E-state index contributed by atoms with van der Waals surface area (Å²) < 4.78 is 14.0. The average molecular weight is 466 g/mol. The van der Waals surface area contributed by atoms with Crippen molar-refractivity contribution in [2.24, 2.45) is 0 Å². The van der Waals surface area contributed by atoms with Gasteiger partial charge in [-0.3, -0.25) is 0 Å². The van der Waals surface area contributed by atoms with Gasteiger partial charge in [0.2, 0.25) is 0 Å². The number of anilines is 1. The smallest absolute Gasteiger partial charge is 0.147 e. The molecular formula is C14H12Br3NO2. The highest BCUT2D eigenvalue weighted by Gasteiger charge is 2.08. The largest absolute Gasteiger partial charge is 0.490 e. The number of nitrogen functional groups attached to an aromatic ring is 1. The molecule has 0 atom stereocenters. The Morgan fingerprint density at radius 3 is 2.20 bits per heavy atom. The maximum atomic E-state index is 5.70. The molecule has 0 aliphatic heterocycles. The minimum atomic E-state index is 0.438. The van der Waals surface area contributed by atoms with E-state index in [1.54, 1.807) is 6.07 Å². The van der Waals surface area contributed by atoms with Crippen LogP contribution in [0.2, 0.25) is 0 Å². The van der Waals surface area contributed by atoms with Crippen LogP contribution in [0.4, 0.5) is 5.69 Å². The quantitative estimate of drug-likeness (QED) is 0.498. The maximum Gasteiger partial charge on any atom is 0.147 e. The number of halogens is 3. The van der Waals surface area contributed by atoms with E-state index in [2.05, 4.69) is 47.8 Å². The minimum absolute atomic E-state index is 0.438. The summed E-state index contributed by atoms with van der Waals surface area (Å²) in [6.45, 7) is 0.881. The molecule has 0 radical (unpaired) electrons. The van der Waals surface area contributed by atoms with Crippen molar-refractivity contribution in [1.29, 1.82) is 0 Å². The number of rotatable bonds is 5. The lowest BCUT2D eigenvalue weighted by Crippen LogP contribution is -2.09. The van der Waals surface area contributed by atoms with E-state index in [1.165, 1.54) is 0 Å². The Hall–Kier alpha value is -0.720. The molecule has 2 rings (SSSR count). The van der Waals surface area contributed by atoms with Crippen molar-refractivity contribution in [1.82, 2.24) is 0 Å². The van der Waals surface area contributed by atoms with Crippen LogP contribution in [0.15, 0.2) is 49.8 Å². The van der Waals surface area contributed by atoms with Crippen molar-refractivity contribution in [3.8, 4) is 11.5 Å². The molecular weight excluding hydrogens is 454 g/mol. The van der Waals surface area contributed by atoms with Crippen LogP contribution in [0.3, 0.4) is 0 Å². The van der Waals surface area contributed by atoms with Gasteiger partial charge < -0.3 is 15.2 Å². The highest BCUT2D eigenvalue weighted by Crippen LogP contribution is 2.36. The van der Waals surface area contributed by atoms with Crippen molar-refractivity contribution in [2.45, 2.75) is 0 Å². The zero-order valence-corrected chi connectivity index (χ0v) is 15.2. The van der Waals surface area contributed by atoms with Gasteiger partial charge in [-0.25, -0.2) is 0 Å². The molecule has 20 heavy (non-hydrogen) atoms. The topological polar surface area (TPSA) is 44.5 Å². The van der Waals surface area contributed by atoms with Crippen molar-refractivity contribution >= 4 is 53.5 Å². The maximum absolute atomic E-state index is 5.70. The molecule has 0 saturated heterocycles. The van der Waals surface area contributed by atoms with Crippen LogP contribution in [0.5, 0.6) is 11.5 Å². The summed E-state index contributed by atoms with van der Waals surface area (Å²) in [4.78, 5) is 0. The lowest BCUT2D eigenvalue weighted by molar-refractivity contribution is 0.215. The van der Waals surface area contributed by atoms with Gasteiger partial charge in [0.15, 0.2) is 0 Å². The van der Waals surface area contributed by atoms with Crippen molar-refractivity contribution in [3.63, 3.8) is 0 Å². The summed E-state index contributed by atoms with van der Waals surface area (Å²) >= 11 is 10.3. The first-order chi connectivity index (χ1) is 9.56. The van der Waals surface area contributed by atoms with E-state index >= 15 is 0 Å². The van der Waals surface area contributed by atoms with Crippen LogP contribution >= 0.6 is 47.8 Å². The third-order valence-corrected chi connectivity index (χ3v) is 4.06. The van der Waals surface area contributed by atoms with Crippen LogP contribution in [0.1, 0.15) is 0 Å². The normalized spacial score (nSPS) is 10.3. The minimum Gasteiger partial charge on any atom is -0.490 e.